The van der Waals surface area contributed by atoms with Gasteiger partial charge in [-0.05, 0) is 12.1 Å². The lowest BCUT2D eigenvalue weighted by molar-refractivity contribution is 0.888. The number of nitrogens with zero attached hydrogens (tertiary/aromatic N) is 2. The van der Waals surface area contributed by atoms with Crippen molar-refractivity contribution < 1.29 is 0 Å². The van der Waals surface area contributed by atoms with Crippen molar-refractivity contribution in [1.82, 2.24) is 4.57 Å². The fourth-order valence-corrected chi connectivity index (χ4v) is 2.14. The van der Waals surface area contributed by atoms with E-state index in [2.05, 4.69) is 17.2 Å². The van der Waals surface area contributed by atoms with Gasteiger partial charge in [-0.15, -0.1) is 12.4 Å². The summed E-state index contributed by atoms with van der Waals surface area (Å²) >= 11 is 1.60. The van der Waals surface area contributed by atoms with Gasteiger partial charge in [0.1, 0.15) is 0 Å². The SMILES string of the molecule is Cl.Cn1/c(=N\N)sc2ccccc21. The third-order valence-corrected chi connectivity index (χ3v) is 2.95. The Morgan fingerprint density at radius 1 is 1.38 bits per heavy atom. The molecule has 70 valence electrons. The number of hydrogen-bond acceptors (Lipinski definition) is 3. The lowest BCUT2D eigenvalue weighted by Gasteiger charge is -1.91. The fourth-order valence-electron chi connectivity index (χ4n) is 1.20. The van der Waals surface area contributed by atoms with Crippen LogP contribution in [0.1, 0.15) is 0 Å². The molecule has 3 nitrogen and oxygen atoms in total. The minimum absolute atomic E-state index is 0. The van der Waals surface area contributed by atoms with Crippen LogP contribution in [0.2, 0.25) is 0 Å². The number of aryl methyl sites for hydroxylation is 1. The molecule has 0 unspecified atom stereocenters. The largest absolute Gasteiger partial charge is 0.320 e. The second kappa shape index (κ2) is 3.81. The molecule has 0 bridgehead atoms. The van der Waals surface area contributed by atoms with Gasteiger partial charge in [-0.3, -0.25) is 0 Å². The van der Waals surface area contributed by atoms with Gasteiger partial charge < -0.3 is 10.4 Å². The van der Waals surface area contributed by atoms with Gasteiger partial charge in [-0.2, -0.15) is 5.10 Å². The summed E-state index contributed by atoms with van der Waals surface area (Å²) in [5.74, 6) is 5.23. The van der Waals surface area contributed by atoms with Crippen molar-refractivity contribution in [2.45, 2.75) is 0 Å². The van der Waals surface area contributed by atoms with Crippen LogP contribution < -0.4 is 10.6 Å². The Morgan fingerprint density at radius 3 is 2.69 bits per heavy atom. The predicted octanol–water partition coefficient (Wildman–Crippen LogP) is 1.44. The van der Waals surface area contributed by atoms with Crippen LogP contribution in [-0.2, 0) is 7.05 Å². The molecule has 0 saturated heterocycles. The van der Waals surface area contributed by atoms with Gasteiger partial charge >= 0.3 is 0 Å². The quantitative estimate of drug-likeness (QED) is 0.525. The molecule has 0 radical (unpaired) electrons. The molecule has 0 spiro atoms. The minimum atomic E-state index is 0. The monoisotopic (exact) mass is 215 g/mol. The molecule has 0 saturated carbocycles. The van der Waals surface area contributed by atoms with Gasteiger partial charge in [0.15, 0.2) is 0 Å². The molecule has 0 aliphatic carbocycles. The second-order valence-corrected chi connectivity index (χ2v) is 3.55. The number of para-hydroxylation sites is 1. The van der Waals surface area contributed by atoms with Crippen LogP contribution in [-0.4, -0.2) is 4.57 Å². The van der Waals surface area contributed by atoms with Crippen LogP contribution in [0.4, 0.5) is 0 Å². The number of hydrogen-bond donors (Lipinski definition) is 1. The summed E-state index contributed by atoms with van der Waals surface area (Å²) in [5, 5.41) is 3.69. The molecule has 5 heteroatoms. The maximum Gasteiger partial charge on any atom is 0.208 e. The Balaban J connectivity index is 0.000000845. The van der Waals surface area contributed by atoms with E-state index < -0.39 is 0 Å². The average molecular weight is 216 g/mol. The number of benzene rings is 1. The number of thiazole rings is 1. The van der Waals surface area contributed by atoms with Crippen molar-refractivity contribution in [3.8, 4) is 0 Å². The first kappa shape index (κ1) is 10.1. The van der Waals surface area contributed by atoms with E-state index in [1.54, 1.807) is 11.3 Å². The molecule has 1 heterocycles. The van der Waals surface area contributed by atoms with E-state index in [0.717, 1.165) is 4.80 Å². The summed E-state index contributed by atoms with van der Waals surface area (Å²) in [6, 6.07) is 8.14. The van der Waals surface area contributed by atoms with Crippen LogP contribution in [0.25, 0.3) is 10.2 Å². The Labute approximate surface area is 85.9 Å². The van der Waals surface area contributed by atoms with Crippen molar-refractivity contribution in [1.29, 1.82) is 0 Å². The topological polar surface area (TPSA) is 43.3 Å². The summed E-state index contributed by atoms with van der Waals surface area (Å²) in [6.45, 7) is 0. The van der Waals surface area contributed by atoms with Crippen LogP contribution in [0, 0.1) is 0 Å². The lowest BCUT2D eigenvalue weighted by Crippen LogP contribution is -2.11. The number of fused-ring (bicyclic) bond motifs is 1. The summed E-state index contributed by atoms with van der Waals surface area (Å²) in [4.78, 5) is 0.844. The zero-order valence-corrected chi connectivity index (χ0v) is 8.73. The zero-order chi connectivity index (χ0) is 8.55. The van der Waals surface area contributed by atoms with Gasteiger partial charge in [0.2, 0.25) is 4.80 Å². The molecule has 2 rings (SSSR count). The Hall–Kier alpha value is -1.00. The smallest absolute Gasteiger partial charge is 0.208 e. The first-order valence-electron chi connectivity index (χ1n) is 3.61. The van der Waals surface area contributed by atoms with Gasteiger partial charge in [-0.1, -0.05) is 23.5 Å². The van der Waals surface area contributed by atoms with Gasteiger partial charge in [0.05, 0.1) is 10.2 Å². The van der Waals surface area contributed by atoms with E-state index in [4.69, 9.17) is 5.84 Å². The minimum Gasteiger partial charge on any atom is -0.320 e. The second-order valence-electron chi connectivity index (χ2n) is 2.54. The highest BCUT2D eigenvalue weighted by molar-refractivity contribution is 7.16. The van der Waals surface area contributed by atoms with E-state index in [-0.39, 0.29) is 12.4 Å². The van der Waals surface area contributed by atoms with Gasteiger partial charge in [-0.25, -0.2) is 0 Å². The Morgan fingerprint density at radius 2 is 2.08 bits per heavy atom. The molecule has 1 aromatic heterocycles. The lowest BCUT2D eigenvalue weighted by atomic mass is 10.3. The van der Waals surface area contributed by atoms with E-state index >= 15 is 0 Å². The van der Waals surface area contributed by atoms with Crippen molar-refractivity contribution in [2.24, 2.45) is 18.0 Å². The van der Waals surface area contributed by atoms with Gasteiger partial charge in [0, 0.05) is 7.05 Å². The van der Waals surface area contributed by atoms with Crippen LogP contribution in [0.5, 0.6) is 0 Å². The maximum absolute atomic E-state index is 5.23. The Bertz CT molecular complexity index is 471. The van der Waals surface area contributed by atoms with E-state index in [1.165, 1.54) is 10.2 Å². The Kier molecular flexibility index (Phi) is 2.95. The van der Waals surface area contributed by atoms with Crippen LogP contribution >= 0.6 is 23.7 Å². The number of nitrogens with two attached hydrogens (primary N) is 1. The highest BCUT2D eigenvalue weighted by atomic mass is 35.5. The first-order valence-corrected chi connectivity index (χ1v) is 4.43. The van der Waals surface area contributed by atoms with Crippen LogP contribution in [0.3, 0.4) is 0 Å². The maximum atomic E-state index is 5.23. The summed E-state index contributed by atoms with van der Waals surface area (Å²) < 4.78 is 3.20. The average Bonchev–Trinajstić information content (AvgIpc) is 2.44. The normalized spacial score (nSPS) is 11.6. The van der Waals surface area contributed by atoms with Crippen molar-refractivity contribution in [3.63, 3.8) is 0 Å². The van der Waals surface area contributed by atoms with Crippen molar-refractivity contribution in [2.75, 3.05) is 0 Å². The molecular weight excluding hydrogens is 206 g/mol. The number of rotatable bonds is 0. The molecular formula is C8H10ClN3S. The molecule has 0 atom stereocenters. The molecule has 0 aliphatic rings. The molecule has 0 fully saturated rings. The standard InChI is InChI=1S/C8H9N3S.ClH/c1-11-6-4-2-3-5-7(6)12-8(11)10-9;/h2-5H,9H2,1H3;1H/b10-8+;. The van der Waals surface area contributed by atoms with Crippen molar-refractivity contribution >= 4 is 34.0 Å². The summed E-state index contributed by atoms with van der Waals surface area (Å²) in [6.07, 6.45) is 0. The number of halogens is 1. The molecule has 13 heavy (non-hydrogen) atoms. The first-order chi connectivity index (χ1) is 5.83. The molecule has 0 amide bonds. The highest BCUT2D eigenvalue weighted by Gasteiger charge is 1.99. The van der Waals surface area contributed by atoms with E-state index in [1.807, 2.05) is 23.7 Å². The number of aromatic nitrogens is 1. The predicted molar refractivity (Wildman–Crippen MR) is 57.8 cm³/mol. The molecule has 0 aliphatic heterocycles. The third-order valence-electron chi connectivity index (χ3n) is 1.83. The fraction of sp³-hybridized carbons (Fsp3) is 0.125. The van der Waals surface area contributed by atoms with E-state index in [9.17, 15) is 0 Å². The summed E-state index contributed by atoms with van der Waals surface area (Å²) in [5.41, 5.74) is 1.17. The van der Waals surface area contributed by atoms with Crippen LogP contribution in [0.15, 0.2) is 29.4 Å². The molecule has 2 aromatic rings. The van der Waals surface area contributed by atoms with Gasteiger partial charge in [0.25, 0.3) is 0 Å². The molecule has 2 N–H and O–H groups in total. The zero-order valence-electron chi connectivity index (χ0n) is 7.10. The highest BCUT2D eigenvalue weighted by Crippen LogP contribution is 2.14. The summed E-state index contributed by atoms with van der Waals surface area (Å²) in [7, 11) is 1.96. The third kappa shape index (κ3) is 1.55. The van der Waals surface area contributed by atoms with E-state index in [0.29, 0.717) is 0 Å². The molecule has 1 aromatic carbocycles. The van der Waals surface area contributed by atoms with Crippen molar-refractivity contribution in [3.05, 3.63) is 29.1 Å².